The molecule has 2 aliphatic rings. The number of hydrogen-bond acceptors (Lipinski definition) is 3. The number of rotatable bonds is 6. The summed E-state index contributed by atoms with van der Waals surface area (Å²) in [5.41, 5.74) is 6.27. The average Bonchev–Trinajstić information content (AvgIpc) is 2.89. The Morgan fingerprint density at radius 1 is 1.08 bits per heavy atom. The standard InChI is InChI=1S/C20H22FN3/c21-17-4-6-20-16(14-17)13-15(8-12-24-10-2-11-24)19(20)7-5-18-3-1-9-22-23-18/h1,3-4,6,9,14H,2,5,7-8,10-13H2. The van der Waals surface area contributed by atoms with Gasteiger partial charge in [0.15, 0.2) is 0 Å². The molecule has 0 N–H and O–H groups in total. The first kappa shape index (κ1) is 15.5. The molecule has 0 spiro atoms. The first-order valence-corrected chi connectivity index (χ1v) is 8.78. The maximum absolute atomic E-state index is 13.6. The largest absolute Gasteiger partial charge is 0.303 e. The molecule has 0 atom stereocenters. The normalized spacial score (nSPS) is 17.0. The number of benzene rings is 1. The third-order valence-corrected chi connectivity index (χ3v) is 5.16. The lowest BCUT2D eigenvalue weighted by Crippen LogP contribution is -2.37. The number of nitrogens with zero attached hydrogens (tertiary/aromatic N) is 3. The van der Waals surface area contributed by atoms with Crippen molar-refractivity contribution in [1.82, 2.24) is 15.1 Å². The highest BCUT2D eigenvalue weighted by Crippen LogP contribution is 2.37. The Balaban J connectivity index is 1.53. The van der Waals surface area contributed by atoms with Gasteiger partial charge in [-0.3, -0.25) is 0 Å². The fourth-order valence-corrected chi connectivity index (χ4v) is 3.70. The maximum Gasteiger partial charge on any atom is 0.123 e. The lowest BCUT2D eigenvalue weighted by Gasteiger charge is -2.30. The van der Waals surface area contributed by atoms with Crippen molar-refractivity contribution < 1.29 is 4.39 Å². The summed E-state index contributed by atoms with van der Waals surface area (Å²) in [7, 11) is 0. The zero-order valence-corrected chi connectivity index (χ0v) is 13.8. The molecule has 0 bridgehead atoms. The van der Waals surface area contributed by atoms with Gasteiger partial charge >= 0.3 is 0 Å². The van der Waals surface area contributed by atoms with E-state index in [2.05, 4.69) is 15.1 Å². The van der Waals surface area contributed by atoms with Crippen LogP contribution in [0.25, 0.3) is 5.57 Å². The van der Waals surface area contributed by atoms with Crippen molar-refractivity contribution in [3.8, 4) is 0 Å². The van der Waals surface area contributed by atoms with Crippen molar-refractivity contribution in [2.75, 3.05) is 19.6 Å². The Kier molecular flexibility index (Phi) is 4.39. The number of allylic oxidation sites excluding steroid dienone is 1. The Bertz CT molecular complexity index is 751. The van der Waals surface area contributed by atoms with Crippen LogP contribution < -0.4 is 0 Å². The van der Waals surface area contributed by atoms with Crippen molar-refractivity contribution in [3.05, 3.63) is 64.7 Å². The maximum atomic E-state index is 13.6. The van der Waals surface area contributed by atoms with Crippen LogP contribution >= 0.6 is 0 Å². The van der Waals surface area contributed by atoms with Crippen molar-refractivity contribution in [2.24, 2.45) is 0 Å². The number of halogens is 1. The molecule has 2 heterocycles. The van der Waals surface area contributed by atoms with Crippen molar-refractivity contribution >= 4 is 5.57 Å². The number of hydrogen-bond donors (Lipinski definition) is 0. The minimum Gasteiger partial charge on any atom is -0.303 e. The Morgan fingerprint density at radius 3 is 2.75 bits per heavy atom. The van der Waals surface area contributed by atoms with Crippen LogP contribution in [0.1, 0.15) is 36.1 Å². The molecule has 4 heteroatoms. The van der Waals surface area contributed by atoms with E-state index in [1.165, 1.54) is 36.2 Å². The molecule has 0 radical (unpaired) electrons. The van der Waals surface area contributed by atoms with Gasteiger partial charge in [-0.2, -0.15) is 10.2 Å². The molecule has 1 saturated heterocycles. The van der Waals surface area contributed by atoms with Gasteiger partial charge < -0.3 is 4.90 Å². The summed E-state index contributed by atoms with van der Waals surface area (Å²) >= 11 is 0. The van der Waals surface area contributed by atoms with E-state index >= 15 is 0 Å². The predicted molar refractivity (Wildman–Crippen MR) is 93.1 cm³/mol. The average molecular weight is 323 g/mol. The third-order valence-electron chi connectivity index (χ3n) is 5.16. The van der Waals surface area contributed by atoms with Gasteiger partial charge in [-0.25, -0.2) is 4.39 Å². The van der Waals surface area contributed by atoms with Gasteiger partial charge in [-0.15, -0.1) is 0 Å². The first-order valence-electron chi connectivity index (χ1n) is 8.78. The summed E-state index contributed by atoms with van der Waals surface area (Å²) in [5, 5.41) is 8.15. The lowest BCUT2D eigenvalue weighted by atomic mass is 9.98. The van der Waals surface area contributed by atoms with E-state index in [0.717, 1.165) is 43.5 Å². The van der Waals surface area contributed by atoms with Crippen LogP contribution in [0.5, 0.6) is 0 Å². The molecule has 24 heavy (non-hydrogen) atoms. The second-order valence-electron chi connectivity index (χ2n) is 6.72. The molecule has 124 valence electrons. The lowest BCUT2D eigenvalue weighted by molar-refractivity contribution is 0.184. The van der Waals surface area contributed by atoms with Gasteiger partial charge in [0, 0.05) is 12.7 Å². The van der Waals surface area contributed by atoms with Gasteiger partial charge in [-0.05, 0) is 86.2 Å². The molecule has 2 aromatic rings. The second kappa shape index (κ2) is 6.81. The van der Waals surface area contributed by atoms with Crippen molar-refractivity contribution in [3.63, 3.8) is 0 Å². The van der Waals surface area contributed by atoms with E-state index in [1.807, 2.05) is 18.2 Å². The molecular formula is C20H22FN3. The minimum atomic E-state index is -0.133. The molecule has 1 aliphatic carbocycles. The van der Waals surface area contributed by atoms with Crippen LogP contribution in [0, 0.1) is 5.82 Å². The molecule has 1 fully saturated rings. The number of fused-ring (bicyclic) bond motifs is 1. The van der Waals surface area contributed by atoms with Crippen LogP contribution in [-0.4, -0.2) is 34.7 Å². The Hall–Kier alpha value is -2.07. The Labute approximate surface area is 142 Å². The molecule has 0 unspecified atom stereocenters. The zero-order valence-electron chi connectivity index (χ0n) is 13.8. The smallest absolute Gasteiger partial charge is 0.123 e. The number of aromatic nitrogens is 2. The fourth-order valence-electron chi connectivity index (χ4n) is 3.70. The van der Waals surface area contributed by atoms with Crippen LogP contribution in [0.3, 0.4) is 0 Å². The number of aryl methyl sites for hydroxylation is 1. The SMILES string of the molecule is Fc1ccc2c(c1)CC(CCN1CCC1)=C2CCc1cccnn1. The van der Waals surface area contributed by atoms with E-state index in [-0.39, 0.29) is 5.82 Å². The van der Waals surface area contributed by atoms with Gasteiger partial charge in [0.05, 0.1) is 5.69 Å². The highest BCUT2D eigenvalue weighted by atomic mass is 19.1. The number of likely N-dealkylation sites (tertiary alicyclic amines) is 1. The molecule has 1 aliphatic heterocycles. The molecule has 1 aromatic carbocycles. The quantitative estimate of drug-likeness (QED) is 0.812. The molecule has 4 rings (SSSR count). The topological polar surface area (TPSA) is 29.0 Å². The fraction of sp³-hybridized carbons (Fsp3) is 0.400. The molecular weight excluding hydrogens is 301 g/mol. The third kappa shape index (κ3) is 3.24. The van der Waals surface area contributed by atoms with E-state index < -0.39 is 0 Å². The summed E-state index contributed by atoms with van der Waals surface area (Å²) in [6.07, 6.45) is 6.85. The van der Waals surface area contributed by atoms with Gasteiger partial charge in [0.25, 0.3) is 0 Å². The molecule has 1 aromatic heterocycles. The van der Waals surface area contributed by atoms with Gasteiger partial charge in [-0.1, -0.05) is 11.6 Å². The van der Waals surface area contributed by atoms with E-state index in [1.54, 1.807) is 18.3 Å². The minimum absolute atomic E-state index is 0.133. The van der Waals surface area contributed by atoms with Crippen molar-refractivity contribution in [1.29, 1.82) is 0 Å². The summed E-state index contributed by atoms with van der Waals surface area (Å²) in [6.45, 7) is 3.58. The Morgan fingerprint density at radius 2 is 2.00 bits per heavy atom. The molecule has 0 saturated carbocycles. The van der Waals surface area contributed by atoms with Gasteiger partial charge in [0.2, 0.25) is 0 Å². The second-order valence-corrected chi connectivity index (χ2v) is 6.72. The first-order chi connectivity index (χ1) is 11.8. The van der Waals surface area contributed by atoms with Crippen molar-refractivity contribution in [2.45, 2.75) is 32.1 Å². The van der Waals surface area contributed by atoms with E-state index in [4.69, 9.17) is 0 Å². The summed E-state index contributed by atoms with van der Waals surface area (Å²) in [4.78, 5) is 2.50. The molecule has 3 nitrogen and oxygen atoms in total. The highest BCUT2D eigenvalue weighted by Gasteiger charge is 2.23. The summed E-state index contributed by atoms with van der Waals surface area (Å²) in [5.74, 6) is -0.133. The summed E-state index contributed by atoms with van der Waals surface area (Å²) < 4.78 is 13.6. The highest BCUT2D eigenvalue weighted by molar-refractivity contribution is 5.76. The van der Waals surface area contributed by atoms with Crippen LogP contribution in [-0.2, 0) is 12.8 Å². The van der Waals surface area contributed by atoms with Gasteiger partial charge in [0.1, 0.15) is 5.82 Å². The summed E-state index contributed by atoms with van der Waals surface area (Å²) in [6, 6.07) is 9.19. The van der Waals surface area contributed by atoms with E-state index in [9.17, 15) is 4.39 Å². The molecule has 0 amide bonds. The predicted octanol–water partition coefficient (Wildman–Crippen LogP) is 3.65. The van der Waals surface area contributed by atoms with E-state index in [0.29, 0.717) is 0 Å². The van der Waals surface area contributed by atoms with Crippen LogP contribution in [0.4, 0.5) is 4.39 Å². The van der Waals surface area contributed by atoms with Crippen LogP contribution in [0.2, 0.25) is 0 Å². The van der Waals surface area contributed by atoms with Crippen LogP contribution in [0.15, 0.2) is 42.1 Å². The zero-order chi connectivity index (χ0) is 16.4. The monoisotopic (exact) mass is 323 g/mol.